The number of aliphatic carboxylic acids is 1. The second-order valence-electron chi connectivity index (χ2n) is 4.68. The highest BCUT2D eigenvalue weighted by atomic mass is 32.1. The van der Waals surface area contributed by atoms with Gasteiger partial charge in [0.2, 0.25) is 5.91 Å². The molecule has 0 aromatic carbocycles. The van der Waals surface area contributed by atoms with Gasteiger partial charge in [-0.25, -0.2) is 0 Å². The molecule has 6 heteroatoms. The maximum Gasteiger partial charge on any atom is 0.303 e. The lowest BCUT2D eigenvalue weighted by Crippen LogP contribution is -2.48. The molecule has 1 N–H and O–H groups in total. The topological polar surface area (TPSA) is 60.9 Å². The molecule has 1 aliphatic heterocycles. The maximum absolute atomic E-state index is 11.8. The van der Waals surface area contributed by atoms with Crippen molar-refractivity contribution in [1.29, 1.82) is 0 Å². The lowest BCUT2D eigenvalue weighted by molar-refractivity contribution is -0.141. The van der Waals surface area contributed by atoms with Crippen LogP contribution in [0.15, 0.2) is 16.8 Å². The molecule has 0 aliphatic carbocycles. The van der Waals surface area contributed by atoms with Crippen molar-refractivity contribution in [2.45, 2.75) is 19.4 Å². The number of nitrogens with zero attached hydrogens (tertiary/aromatic N) is 2. The first-order chi connectivity index (χ1) is 9.15. The van der Waals surface area contributed by atoms with Gasteiger partial charge in [-0.15, -0.1) is 0 Å². The fourth-order valence-electron chi connectivity index (χ4n) is 2.17. The fourth-order valence-corrected chi connectivity index (χ4v) is 2.83. The first-order valence-electron chi connectivity index (χ1n) is 6.38. The minimum absolute atomic E-state index is 0.0439. The van der Waals surface area contributed by atoms with E-state index in [-0.39, 0.29) is 18.7 Å². The normalized spacial score (nSPS) is 16.5. The van der Waals surface area contributed by atoms with E-state index in [1.807, 2.05) is 0 Å². The van der Waals surface area contributed by atoms with Gasteiger partial charge < -0.3 is 10.0 Å². The Bertz CT molecular complexity index is 425. The highest BCUT2D eigenvalue weighted by molar-refractivity contribution is 7.07. The molecule has 0 saturated carbocycles. The number of piperazine rings is 1. The van der Waals surface area contributed by atoms with Gasteiger partial charge in [0, 0.05) is 39.1 Å². The van der Waals surface area contributed by atoms with Crippen molar-refractivity contribution >= 4 is 23.2 Å². The Hall–Kier alpha value is -1.40. The molecule has 104 valence electrons. The molecule has 1 fully saturated rings. The van der Waals surface area contributed by atoms with Crippen LogP contribution < -0.4 is 0 Å². The van der Waals surface area contributed by atoms with Crippen molar-refractivity contribution in [3.8, 4) is 0 Å². The van der Waals surface area contributed by atoms with Crippen molar-refractivity contribution < 1.29 is 14.7 Å². The summed E-state index contributed by atoms with van der Waals surface area (Å²) in [5.41, 5.74) is 1.32. The minimum atomic E-state index is -0.913. The standard InChI is InChI=1S/C13H18N2O3S/c16-12(1-2-13(17)18)15-6-4-14(5-7-15)9-11-3-8-19-10-11/h3,8,10H,1-2,4-7,9H2,(H,17,18). The first-order valence-corrected chi connectivity index (χ1v) is 7.32. The van der Waals surface area contributed by atoms with Crippen LogP contribution in [0.4, 0.5) is 0 Å². The van der Waals surface area contributed by atoms with E-state index in [9.17, 15) is 9.59 Å². The summed E-state index contributed by atoms with van der Waals surface area (Å²) in [6.45, 7) is 4.04. The number of carbonyl (C=O) groups excluding carboxylic acids is 1. The van der Waals surface area contributed by atoms with Crippen LogP contribution >= 0.6 is 11.3 Å². The largest absolute Gasteiger partial charge is 0.481 e. The molecule has 0 radical (unpaired) electrons. The van der Waals surface area contributed by atoms with Crippen LogP contribution in [0.3, 0.4) is 0 Å². The fraction of sp³-hybridized carbons (Fsp3) is 0.538. The number of thiophene rings is 1. The summed E-state index contributed by atoms with van der Waals surface area (Å²) < 4.78 is 0. The molecule has 19 heavy (non-hydrogen) atoms. The van der Waals surface area contributed by atoms with E-state index in [2.05, 4.69) is 21.7 Å². The van der Waals surface area contributed by atoms with Gasteiger partial charge in [0.15, 0.2) is 0 Å². The number of carboxylic acids is 1. The number of hydrogen-bond donors (Lipinski definition) is 1. The third-order valence-electron chi connectivity index (χ3n) is 3.26. The number of rotatable bonds is 5. The van der Waals surface area contributed by atoms with Crippen molar-refractivity contribution in [1.82, 2.24) is 9.80 Å². The van der Waals surface area contributed by atoms with Gasteiger partial charge in [-0.2, -0.15) is 11.3 Å². The molecule has 2 rings (SSSR count). The zero-order valence-corrected chi connectivity index (χ0v) is 11.6. The number of amides is 1. The molecule has 1 aromatic rings. The van der Waals surface area contributed by atoms with Crippen molar-refractivity contribution in [3.05, 3.63) is 22.4 Å². The van der Waals surface area contributed by atoms with Crippen LogP contribution in [-0.2, 0) is 16.1 Å². The molecular weight excluding hydrogens is 264 g/mol. The molecule has 2 heterocycles. The zero-order valence-electron chi connectivity index (χ0n) is 10.7. The molecule has 0 atom stereocenters. The highest BCUT2D eigenvalue weighted by Gasteiger charge is 2.21. The van der Waals surface area contributed by atoms with E-state index >= 15 is 0 Å². The van der Waals surface area contributed by atoms with Crippen LogP contribution in [0.2, 0.25) is 0 Å². The number of hydrogen-bond acceptors (Lipinski definition) is 4. The van der Waals surface area contributed by atoms with Crippen LogP contribution in [0.25, 0.3) is 0 Å². The van der Waals surface area contributed by atoms with Crippen LogP contribution in [0.5, 0.6) is 0 Å². The molecule has 1 saturated heterocycles. The van der Waals surface area contributed by atoms with Gasteiger partial charge in [0.1, 0.15) is 0 Å². The average Bonchev–Trinajstić information content (AvgIpc) is 2.89. The second kappa shape index (κ2) is 6.68. The summed E-state index contributed by atoms with van der Waals surface area (Å²) in [5, 5.41) is 12.8. The summed E-state index contributed by atoms with van der Waals surface area (Å²) in [6, 6.07) is 2.12. The Morgan fingerprint density at radius 1 is 1.21 bits per heavy atom. The van der Waals surface area contributed by atoms with Crippen LogP contribution in [-0.4, -0.2) is 53.0 Å². The smallest absolute Gasteiger partial charge is 0.303 e. The van der Waals surface area contributed by atoms with Crippen LogP contribution in [0, 0.1) is 0 Å². The molecule has 0 unspecified atom stereocenters. The van der Waals surface area contributed by atoms with Crippen molar-refractivity contribution in [2.24, 2.45) is 0 Å². The van der Waals surface area contributed by atoms with E-state index in [1.54, 1.807) is 16.2 Å². The third kappa shape index (κ3) is 4.33. The van der Waals surface area contributed by atoms with Crippen molar-refractivity contribution in [3.63, 3.8) is 0 Å². The summed E-state index contributed by atoms with van der Waals surface area (Å²) in [6.07, 6.45) is 0.0355. The second-order valence-corrected chi connectivity index (χ2v) is 5.46. The van der Waals surface area contributed by atoms with Gasteiger partial charge in [-0.1, -0.05) is 0 Å². The van der Waals surface area contributed by atoms with Crippen molar-refractivity contribution in [2.75, 3.05) is 26.2 Å². The Labute approximate surface area is 116 Å². The SMILES string of the molecule is O=C(O)CCC(=O)N1CCN(Cc2ccsc2)CC1. The van der Waals surface area contributed by atoms with Gasteiger partial charge in [-0.05, 0) is 22.4 Å². The Balaban J connectivity index is 1.72. The molecule has 1 aromatic heterocycles. The average molecular weight is 282 g/mol. The predicted molar refractivity (Wildman–Crippen MR) is 73.0 cm³/mol. The summed E-state index contributed by atoms with van der Waals surface area (Å²) in [7, 11) is 0. The molecule has 5 nitrogen and oxygen atoms in total. The van der Waals surface area contributed by atoms with Crippen LogP contribution in [0.1, 0.15) is 18.4 Å². The van der Waals surface area contributed by atoms with Gasteiger partial charge >= 0.3 is 5.97 Å². The molecular formula is C13H18N2O3S. The van der Waals surface area contributed by atoms with Gasteiger partial charge in [0.25, 0.3) is 0 Å². The summed E-state index contributed by atoms with van der Waals surface area (Å²) in [4.78, 5) is 26.3. The van der Waals surface area contributed by atoms with Gasteiger partial charge in [0.05, 0.1) is 6.42 Å². The number of carboxylic acid groups (broad SMARTS) is 1. The quantitative estimate of drug-likeness (QED) is 0.883. The third-order valence-corrected chi connectivity index (χ3v) is 4.00. The highest BCUT2D eigenvalue weighted by Crippen LogP contribution is 2.12. The summed E-state index contributed by atoms with van der Waals surface area (Å²) >= 11 is 1.70. The predicted octanol–water partition coefficient (Wildman–Crippen LogP) is 1.26. The lowest BCUT2D eigenvalue weighted by atomic mass is 10.2. The van der Waals surface area contributed by atoms with E-state index in [4.69, 9.17) is 5.11 Å². The summed E-state index contributed by atoms with van der Waals surface area (Å²) in [5.74, 6) is -0.956. The van der Waals surface area contributed by atoms with E-state index < -0.39 is 5.97 Å². The minimum Gasteiger partial charge on any atom is -0.481 e. The number of carbonyl (C=O) groups is 2. The Morgan fingerprint density at radius 2 is 1.95 bits per heavy atom. The molecule has 0 spiro atoms. The Kier molecular flexibility index (Phi) is 4.93. The van der Waals surface area contributed by atoms with E-state index in [0.717, 1.165) is 19.6 Å². The first kappa shape index (κ1) is 14.0. The Morgan fingerprint density at radius 3 is 2.53 bits per heavy atom. The molecule has 1 aliphatic rings. The monoisotopic (exact) mass is 282 g/mol. The lowest BCUT2D eigenvalue weighted by Gasteiger charge is -2.34. The van der Waals surface area contributed by atoms with E-state index in [1.165, 1.54) is 5.56 Å². The van der Waals surface area contributed by atoms with E-state index in [0.29, 0.717) is 13.1 Å². The zero-order chi connectivity index (χ0) is 13.7. The molecule has 1 amide bonds. The van der Waals surface area contributed by atoms with Gasteiger partial charge in [-0.3, -0.25) is 14.5 Å². The maximum atomic E-state index is 11.8. The molecule has 0 bridgehead atoms.